The van der Waals surface area contributed by atoms with Gasteiger partial charge in [0.05, 0.1) is 37.5 Å². The molecule has 1 aliphatic heterocycles. The number of Topliss-reactive ketones (excluding diaryl/α,β-unsaturated/α-hetero) is 2. The van der Waals surface area contributed by atoms with Crippen LogP contribution in [0.4, 0.5) is 0 Å². The smallest absolute Gasteiger partial charge is 0.308 e. The summed E-state index contributed by atoms with van der Waals surface area (Å²) in [5.41, 5.74) is 0.706. The molecule has 23 heavy (non-hydrogen) atoms. The van der Waals surface area contributed by atoms with Crippen LogP contribution in [0.5, 0.6) is 5.75 Å². The molecule has 0 radical (unpaired) electrons. The number of carbonyl (C=O) groups is 3. The highest BCUT2D eigenvalue weighted by atomic mass is 16.5. The van der Waals surface area contributed by atoms with E-state index in [9.17, 15) is 19.5 Å². The van der Waals surface area contributed by atoms with Crippen molar-refractivity contribution >= 4 is 17.5 Å². The molecule has 0 aromatic carbocycles. The summed E-state index contributed by atoms with van der Waals surface area (Å²) in [7, 11) is 1.28. The summed E-state index contributed by atoms with van der Waals surface area (Å²) in [5, 5.41) is 9.52. The SMILES string of the molecule is COC(=O)C[C@H]1CC2=C(C(=O)c3ncc(O)cc3C2=O)[C@@H](C)O1. The van der Waals surface area contributed by atoms with Crippen LogP contribution in [0.2, 0.25) is 0 Å². The molecule has 0 saturated carbocycles. The number of carbonyl (C=O) groups excluding carboxylic acids is 3. The lowest BCUT2D eigenvalue weighted by Crippen LogP contribution is -2.38. The molecule has 1 aromatic rings. The molecule has 0 fully saturated rings. The molecule has 2 aliphatic rings. The fourth-order valence-corrected chi connectivity index (χ4v) is 3.01. The van der Waals surface area contributed by atoms with E-state index in [1.807, 2.05) is 0 Å². The lowest BCUT2D eigenvalue weighted by atomic mass is 9.80. The second kappa shape index (κ2) is 5.58. The van der Waals surface area contributed by atoms with Crippen LogP contribution in [-0.2, 0) is 14.3 Å². The largest absolute Gasteiger partial charge is 0.506 e. The summed E-state index contributed by atoms with van der Waals surface area (Å²) in [6.45, 7) is 1.66. The Balaban J connectivity index is 2.00. The van der Waals surface area contributed by atoms with E-state index in [4.69, 9.17) is 4.74 Å². The van der Waals surface area contributed by atoms with Gasteiger partial charge in [-0.3, -0.25) is 14.4 Å². The predicted octanol–water partition coefficient (Wildman–Crippen LogP) is 1.20. The van der Waals surface area contributed by atoms with Crippen molar-refractivity contribution in [1.29, 1.82) is 0 Å². The number of nitrogens with zero attached hydrogens (tertiary/aromatic N) is 1. The maximum Gasteiger partial charge on any atom is 0.308 e. The minimum atomic E-state index is -0.617. The molecule has 0 saturated heterocycles. The molecule has 2 atom stereocenters. The Morgan fingerprint density at radius 3 is 2.87 bits per heavy atom. The molecule has 1 aliphatic carbocycles. The van der Waals surface area contributed by atoms with Crippen LogP contribution < -0.4 is 0 Å². The number of ketones is 2. The summed E-state index contributed by atoms with van der Waals surface area (Å²) >= 11 is 0. The van der Waals surface area contributed by atoms with Crippen LogP contribution in [-0.4, -0.2) is 46.9 Å². The quantitative estimate of drug-likeness (QED) is 0.817. The number of aromatic hydroxyl groups is 1. The minimum Gasteiger partial charge on any atom is -0.506 e. The Morgan fingerprint density at radius 2 is 2.17 bits per heavy atom. The third-order valence-electron chi connectivity index (χ3n) is 4.03. The zero-order chi connectivity index (χ0) is 16.7. The van der Waals surface area contributed by atoms with E-state index < -0.39 is 18.2 Å². The van der Waals surface area contributed by atoms with Crippen LogP contribution in [0.1, 0.15) is 40.6 Å². The van der Waals surface area contributed by atoms with Crippen LogP contribution in [0.25, 0.3) is 0 Å². The van der Waals surface area contributed by atoms with Gasteiger partial charge in [0.15, 0.2) is 5.78 Å². The second-order valence-corrected chi connectivity index (χ2v) is 5.52. The average Bonchev–Trinajstić information content (AvgIpc) is 2.51. The number of ether oxygens (including phenoxy) is 2. The standard InChI is InChI=1S/C16H15NO6/c1-7-13-10(4-9(23-7)5-12(19)22-2)15(20)11-3-8(18)6-17-14(11)16(13)21/h3,6-7,9,18H,4-5H2,1-2H3/t7-,9-/m1/s1. The Kier molecular flexibility index (Phi) is 3.73. The van der Waals surface area contributed by atoms with Crippen molar-refractivity contribution in [3.63, 3.8) is 0 Å². The van der Waals surface area contributed by atoms with Crippen molar-refractivity contribution < 1.29 is 29.0 Å². The molecule has 120 valence electrons. The highest BCUT2D eigenvalue weighted by Gasteiger charge is 2.41. The Bertz CT molecular complexity index is 751. The van der Waals surface area contributed by atoms with E-state index in [1.165, 1.54) is 13.2 Å². The molecule has 0 bridgehead atoms. The number of methoxy groups -OCH3 is 1. The van der Waals surface area contributed by atoms with Crippen molar-refractivity contribution in [3.05, 3.63) is 34.7 Å². The zero-order valence-electron chi connectivity index (χ0n) is 12.7. The summed E-state index contributed by atoms with van der Waals surface area (Å²) in [4.78, 5) is 40.5. The van der Waals surface area contributed by atoms with Crippen LogP contribution in [0.15, 0.2) is 23.4 Å². The van der Waals surface area contributed by atoms with Gasteiger partial charge in [0, 0.05) is 17.6 Å². The van der Waals surface area contributed by atoms with Gasteiger partial charge < -0.3 is 14.6 Å². The van der Waals surface area contributed by atoms with Crippen molar-refractivity contribution in [1.82, 2.24) is 4.98 Å². The number of pyridine rings is 1. The van der Waals surface area contributed by atoms with E-state index in [0.29, 0.717) is 5.57 Å². The summed E-state index contributed by atoms with van der Waals surface area (Å²) in [5.74, 6) is -1.36. The summed E-state index contributed by atoms with van der Waals surface area (Å²) in [6, 6.07) is 1.24. The van der Waals surface area contributed by atoms with E-state index in [-0.39, 0.29) is 47.0 Å². The Labute approximate surface area is 131 Å². The van der Waals surface area contributed by atoms with Gasteiger partial charge in [-0.1, -0.05) is 0 Å². The molecule has 1 aromatic heterocycles. The highest BCUT2D eigenvalue weighted by Crippen LogP contribution is 2.36. The maximum absolute atomic E-state index is 12.7. The lowest BCUT2D eigenvalue weighted by molar-refractivity contribution is -0.144. The van der Waals surface area contributed by atoms with Crippen LogP contribution >= 0.6 is 0 Å². The molecule has 3 rings (SSSR count). The van der Waals surface area contributed by atoms with E-state index in [1.54, 1.807) is 6.92 Å². The molecular weight excluding hydrogens is 302 g/mol. The minimum absolute atomic E-state index is 0.00420. The van der Waals surface area contributed by atoms with E-state index >= 15 is 0 Å². The zero-order valence-corrected chi connectivity index (χ0v) is 12.7. The second-order valence-electron chi connectivity index (χ2n) is 5.52. The van der Waals surface area contributed by atoms with Gasteiger partial charge in [-0.25, -0.2) is 4.98 Å². The molecule has 2 heterocycles. The fourth-order valence-electron chi connectivity index (χ4n) is 3.01. The van der Waals surface area contributed by atoms with Crippen molar-refractivity contribution in [2.45, 2.75) is 32.0 Å². The molecule has 7 heteroatoms. The maximum atomic E-state index is 12.7. The van der Waals surface area contributed by atoms with Gasteiger partial charge in [0.25, 0.3) is 0 Å². The van der Waals surface area contributed by atoms with Crippen LogP contribution in [0, 0.1) is 0 Å². The number of fused-ring (bicyclic) bond motifs is 1. The molecule has 0 amide bonds. The average molecular weight is 317 g/mol. The number of aromatic nitrogens is 1. The topological polar surface area (TPSA) is 103 Å². The molecule has 0 unspecified atom stereocenters. The first-order valence-electron chi connectivity index (χ1n) is 7.16. The fraction of sp³-hybridized carbons (Fsp3) is 0.375. The van der Waals surface area contributed by atoms with E-state index in [0.717, 1.165) is 6.20 Å². The van der Waals surface area contributed by atoms with Crippen molar-refractivity contribution in [2.75, 3.05) is 7.11 Å². The summed E-state index contributed by atoms with van der Waals surface area (Å²) in [6.07, 6.45) is 0.135. The third-order valence-corrected chi connectivity index (χ3v) is 4.03. The van der Waals surface area contributed by atoms with Crippen LogP contribution in [0.3, 0.4) is 0 Å². The third kappa shape index (κ3) is 2.53. The molecule has 0 spiro atoms. The first-order valence-corrected chi connectivity index (χ1v) is 7.16. The molecular formula is C16H15NO6. The van der Waals surface area contributed by atoms with Gasteiger partial charge in [-0.15, -0.1) is 0 Å². The first kappa shape index (κ1) is 15.4. The van der Waals surface area contributed by atoms with Gasteiger partial charge in [0.2, 0.25) is 5.78 Å². The first-order chi connectivity index (χ1) is 10.9. The van der Waals surface area contributed by atoms with Gasteiger partial charge in [-0.05, 0) is 13.0 Å². The number of esters is 1. The normalized spacial score (nSPS) is 23.4. The van der Waals surface area contributed by atoms with E-state index in [2.05, 4.69) is 9.72 Å². The number of hydrogen-bond acceptors (Lipinski definition) is 7. The summed E-state index contributed by atoms with van der Waals surface area (Å²) < 4.78 is 10.3. The monoisotopic (exact) mass is 317 g/mol. The predicted molar refractivity (Wildman–Crippen MR) is 77.2 cm³/mol. The number of rotatable bonds is 2. The Hall–Kier alpha value is -2.54. The van der Waals surface area contributed by atoms with Gasteiger partial charge >= 0.3 is 5.97 Å². The highest BCUT2D eigenvalue weighted by molar-refractivity contribution is 6.26. The Morgan fingerprint density at radius 1 is 1.43 bits per heavy atom. The molecule has 7 nitrogen and oxygen atoms in total. The van der Waals surface area contributed by atoms with Gasteiger partial charge in [0.1, 0.15) is 11.4 Å². The van der Waals surface area contributed by atoms with Gasteiger partial charge in [-0.2, -0.15) is 0 Å². The van der Waals surface area contributed by atoms with Crippen molar-refractivity contribution in [2.24, 2.45) is 0 Å². The lowest BCUT2D eigenvalue weighted by Gasteiger charge is -2.33. The van der Waals surface area contributed by atoms with Crippen molar-refractivity contribution in [3.8, 4) is 5.75 Å². The molecule has 1 N–H and O–H groups in total. The number of hydrogen-bond donors (Lipinski definition) is 1.